The van der Waals surface area contributed by atoms with Gasteiger partial charge in [0.15, 0.2) is 9.84 Å². The molecule has 3 N–H and O–H groups in total. The Morgan fingerprint density at radius 1 is 1.50 bits per heavy atom. The van der Waals surface area contributed by atoms with Gasteiger partial charge in [-0.05, 0) is 0 Å². The number of sulfone groups is 1. The summed E-state index contributed by atoms with van der Waals surface area (Å²) in [4.78, 5) is 4.23. The van der Waals surface area contributed by atoms with Crippen molar-refractivity contribution in [2.75, 3.05) is 11.5 Å². The second-order valence-corrected chi connectivity index (χ2v) is 4.47. The molecule has 5 nitrogen and oxygen atoms in total. The van der Waals surface area contributed by atoms with Gasteiger partial charge in [0.1, 0.15) is 6.10 Å². The Kier molecular flexibility index (Phi) is 1.95. The first-order chi connectivity index (χ1) is 4.55. The van der Waals surface area contributed by atoms with Crippen LogP contribution in [-0.2, 0) is 14.7 Å². The molecule has 2 atom stereocenters. The summed E-state index contributed by atoms with van der Waals surface area (Å²) >= 11 is 0. The zero-order valence-corrected chi connectivity index (χ0v) is 6.04. The first-order valence-electron chi connectivity index (χ1n) is 2.79. The molecule has 0 aliphatic carbocycles. The summed E-state index contributed by atoms with van der Waals surface area (Å²) in [5.41, 5.74) is 0. The third-order valence-corrected chi connectivity index (χ3v) is 3.13. The molecule has 10 heavy (non-hydrogen) atoms. The maximum absolute atomic E-state index is 10.7. The first-order valence-corrected chi connectivity index (χ1v) is 4.61. The van der Waals surface area contributed by atoms with E-state index in [1.54, 1.807) is 0 Å². The Morgan fingerprint density at radius 2 is 2.10 bits per heavy atom. The average Bonchev–Trinajstić information content (AvgIpc) is 2.05. The van der Waals surface area contributed by atoms with Gasteiger partial charge < -0.3 is 5.11 Å². The second-order valence-electron chi connectivity index (χ2n) is 2.32. The summed E-state index contributed by atoms with van der Waals surface area (Å²) in [6.07, 6.45) is -1.71. The predicted octanol–water partition coefficient (Wildman–Crippen LogP) is -1.97. The van der Waals surface area contributed by atoms with Gasteiger partial charge in [0, 0.05) is 0 Å². The molecule has 1 rings (SSSR count). The van der Waals surface area contributed by atoms with Gasteiger partial charge in [-0.2, -0.15) is 0 Å². The van der Waals surface area contributed by atoms with Crippen molar-refractivity contribution < 1.29 is 18.4 Å². The molecule has 0 amide bonds. The zero-order chi connectivity index (χ0) is 7.78. The largest absolute Gasteiger partial charge is 0.389 e. The highest BCUT2D eigenvalue weighted by Gasteiger charge is 2.36. The maximum Gasteiger partial charge on any atom is 0.155 e. The van der Waals surface area contributed by atoms with E-state index < -0.39 is 22.0 Å². The van der Waals surface area contributed by atoms with Crippen molar-refractivity contribution in [1.82, 2.24) is 0 Å². The van der Waals surface area contributed by atoms with E-state index >= 15 is 0 Å². The average molecular weight is 167 g/mol. The normalized spacial score (nSPS) is 38.2. The number of hydrogen-bond donors (Lipinski definition) is 2. The fraction of sp³-hybridized carbons (Fsp3) is 1.00. The molecule has 0 aromatic carbocycles. The lowest BCUT2D eigenvalue weighted by Crippen LogP contribution is -2.29. The fourth-order valence-corrected chi connectivity index (χ4v) is 2.60. The van der Waals surface area contributed by atoms with Crippen molar-refractivity contribution in [2.24, 2.45) is 5.90 Å². The van der Waals surface area contributed by atoms with E-state index in [1.807, 2.05) is 0 Å². The highest BCUT2D eigenvalue weighted by molar-refractivity contribution is 7.91. The molecule has 1 aliphatic heterocycles. The van der Waals surface area contributed by atoms with Gasteiger partial charge >= 0.3 is 0 Å². The van der Waals surface area contributed by atoms with E-state index in [0.29, 0.717) is 0 Å². The van der Waals surface area contributed by atoms with Gasteiger partial charge in [-0.3, -0.25) is 4.84 Å². The lowest BCUT2D eigenvalue weighted by molar-refractivity contribution is -0.00863. The topological polar surface area (TPSA) is 89.6 Å². The lowest BCUT2D eigenvalue weighted by Gasteiger charge is -2.07. The Balaban J connectivity index is 2.71. The minimum absolute atomic E-state index is 0.176. The van der Waals surface area contributed by atoms with Crippen LogP contribution in [0.4, 0.5) is 0 Å². The maximum atomic E-state index is 10.7. The smallest absolute Gasteiger partial charge is 0.155 e. The van der Waals surface area contributed by atoms with Crippen LogP contribution in [-0.4, -0.2) is 37.2 Å². The standard InChI is InChI=1S/C4H9NO4S/c5-9-4-2-10(7,8)1-3(4)6/h3-4,6H,1-2,5H2. The van der Waals surface area contributed by atoms with Crippen molar-refractivity contribution >= 4 is 9.84 Å². The van der Waals surface area contributed by atoms with Crippen LogP contribution in [0.2, 0.25) is 0 Å². The molecule has 0 aromatic rings. The number of nitrogens with two attached hydrogens (primary N) is 1. The molecule has 2 unspecified atom stereocenters. The van der Waals surface area contributed by atoms with Crippen LogP contribution in [0.15, 0.2) is 0 Å². The minimum Gasteiger partial charge on any atom is -0.389 e. The van der Waals surface area contributed by atoms with Crippen LogP contribution in [0.25, 0.3) is 0 Å². The summed E-state index contributed by atoms with van der Waals surface area (Å²) in [5, 5.41) is 8.94. The molecule has 6 heteroatoms. The Morgan fingerprint density at radius 3 is 2.30 bits per heavy atom. The van der Waals surface area contributed by atoms with Crippen molar-refractivity contribution in [3.8, 4) is 0 Å². The Bertz CT molecular complexity index is 211. The Labute approximate surface area is 58.7 Å². The summed E-state index contributed by atoms with van der Waals surface area (Å²) in [6, 6.07) is 0. The number of aliphatic hydroxyl groups is 1. The monoisotopic (exact) mass is 167 g/mol. The molecule has 0 bridgehead atoms. The summed E-state index contributed by atoms with van der Waals surface area (Å²) < 4.78 is 21.4. The van der Waals surface area contributed by atoms with Crippen molar-refractivity contribution in [3.05, 3.63) is 0 Å². The van der Waals surface area contributed by atoms with Crippen LogP contribution in [0.5, 0.6) is 0 Å². The van der Waals surface area contributed by atoms with E-state index in [0.717, 1.165) is 0 Å². The van der Waals surface area contributed by atoms with Crippen LogP contribution in [0.3, 0.4) is 0 Å². The highest BCUT2D eigenvalue weighted by Crippen LogP contribution is 2.13. The number of aliphatic hydroxyl groups excluding tert-OH is 1. The molecule has 1 fully saturated rings. The van der Waals surface area contributed by atoms with Crippen LogP contribution in [0.1, 0.15) is 0 Å². The van der Waals surface area contributed by atoms with E-state index in [1.165, 1.54) is 0 Å². The number of rotatable bonds is 1. The predicted molar refractivity (Wildman–Crippen MR) is 33.7 cm³/mol. The van der Waals surface area contributed by atoms with E-state index in [4.69, 9.17) is 11.0 Å². The zero-order valence-electron chi connectivity index (χ0n) is 5.23. The second kappa shape index (κ2) is 2.46. The fourth-order valence-electron chi connectivity index (χ4n) is 0.927. The minimum atomic E-state index is -3.11. The van der Waals surface area contributed by atoms with Gasteiger partial charge in [0.05, 0.1) is 17.6 Å². The van der Waals surface area contributed by atoms with Gasteiger partial charge in [-0.25, -0.2) is 14.3 Å². The van der Waals surface area contributed by atoms with E-state index in [-0.39, 0.29) is 11.5 Å². The van der Waals surface area contributed by atoms with Crippen LogP contribution in [0, 0.1) is 0 Å². The molecule has 1 aliphatic rings. The van der Waals surface area contributed by atoms with Gasteiger partial charge in [-0.1, -0.05) is 0 Å². The molecular weight excluding hydrogens is 158 g/mol. The van der Waals surface area contributed by atoms with Crippen LogP contribution < -0.4 is 5.90 Å². The third-order valence-electron chi connectivity index (χ3n) is 1.45. The Hall–Kier alpha value is -0.170. The van der Waals surface area contributed by atoms with Gasteiger partial charge in [0.25, 0.3) is 0 Å². The molecule has 1 heterocycles. The molecule has 0 saturated carbocycles. The highest BCUT2D eigenvalue weighted by atomic mass is 32.2. The van der Waals surface area contributed by atoms with Crippen molar-refractivity contribution in [1.29, 1.82) is 0 Å². The molecule has 1 saturated heterocycles. The number of hydrogen-bond acceptors (Lipinski definition) is 5. The van der Waals surface area contributed by atoms with E-state index in [9.17, 15) is 8.42 Å². The van der Waals surface area contributed by atoms with Crippen LogP contribution >= 0.6 is 0 Å². The molecular formula is C4H9NO4S. The molecule has 0 radical (unpaired) electrons. The first kappa shape index (κ1) is 7.93. The summed E-state index contributed by atoms with van der Waals surface area (Å²) in [6.45, 7) is 0. The quantitative estimate of drug-likeness (QED) is 0.442. The summed E-state index contributed by atoms with van der Waals surface area (Å²) in [7, 11) is -3.11. The van der Waals surface area contributed by atoms with Crippen molar-refractivity contribution in [3.63, 3.8) is 0 Å². The lowest BCUT2D eigenvalue weighted by atomic mass is 10.3. The third kappa shape index (κ3) is 1.46. The molecule has 0 aromatic heterocycles. The SMILES string of the molecule is NOC1CS(=O)(=O)CC1O. The molecule has 0 spiro atoms. The van der Waals surface area contributed by atoms with E-state index in [2.05, 4.69) is 4.84 Å². The molecule has 60 valence electrons. The van der Waals surface area contributed by atoms with Gasteiger partial charge in [-0.15, -0.1) is 0 Å². The van der Waals surface area contributed by atoms with Crippen molar-refractivity contribution in [2.45, 2.75) is 12.2 Å². The summed E-state index contributed by atoms with van der Waals surface area (Å²) in [5.74, 6) is 4.30. The van der Waals surface area contributed by atoms with Gasteiger partial charge in [0.2, 0.25) is 0 Å².